The molecule has 0 saturated carbocycles. The molecule has 1 aromatic heterocycles. The fourth-order valence-electron chi connectivity index (χ4n) is 9.74. The van der Waals surface area contributed by atoms with Crippen LogP contribution in [-0.4, -0.2) is 0 Å². The van der Waals surface area contributed by atoms with E-state index in [1.807, 2.05) is 11.3 Å². The molecule has 1 unspecified atom stereocenters. The minimum Gasteiger partial charge on any atom is -0.309 e. The van der Waals surface area contributed by atoms with Gasteiger partial charge in [-0.3, -0.25) is 0 Å². The predicted molar refractivity (Wildman–Crippen MR) is 225 cm³/mol. The summed E-state index contributed by atoms with van der Waals surface area (Å²) in [6, 6.07) is 70.2. The van der Waals surface area contributed by atoms with Crippen LogP contribution >= 0.6 is 11.3 Å². The highest BCUT2D eigenvalue weighted by Gasteiger charge is 2.52. The number of rotatable bonds is 3. The molecule has 2 aliphatic carbocycles. The van der Waals surface area contributed by atoms with Crippen LogP contribution in [0.1, 0.15) is 22.3 Å². The Hall–Kier alpha value is -6.48. The molecule has 53 heavy (non-hydrogen) atoms. The summed E-state index contributed by atoms with van der Waals surface area (Å²) in [5.74, 6) is 0. The van der Waals surface area contributed by atoms with Crippen LogP contribution in [0.3, 0.4) is 0 Å². The average Bonchev–Trinajstić information content (AvgIpc) is 3.85. The summed E-state index contributed by atoms with van der Waals surface area (Å²) < 4.78 is 2.72. The van der Waals surface area contributed by atoms with E-state index in [1.165, 1.54) is 97.6 Å². The predicted octanol–water partition coefficient (Wildman–Crippen LogP) is 14.2. The van der Waals surface area contributed by atoms with Gasteiger partial charge in [0.15, 0.2) is 0 Å². The molecule has 0 bridgehead atoms. The summed E-state index contributed by atoms with van der Waals surface area (Å²) in [4.78, 5) is 2.50. The van der Waals surface area contributed by atoms with Gasteiger partial charge < -0.3 is 4.90 Å². The van der Waals surface area contributed by atoms with E-state index in [0.29, 0.717) is 0 Å². The van der Waals surface area contributed by atoms with Crippen molar-refractivity contribution in [1.82, 2.24) is 0 Å². The number of anilines is 3. The second-order valence-electron chi connectivity index (χ2n) is 14.4. The Kier molecular flexibility index (Phi) is 5.92. The Morgan fingerprint density at radius 3 is 1.68 bits per heavy atom. The lowest BCUT2D eigenvalue weighted by Gasteiger charge is -2.33. The van der Waals surface area contributed by atoms with Gasteiger partial charge in [-0.05, 0) is 80.0 Å². The minimum atomic E-state index is -0.457. The first kappa shape index (κ1) is 29.1. The lowest BCUT2D eigenvalue weighted by atomic mass is 9.70. The van der Waals surface area contributed by atoms with Crippen LogP contribution < -0.4 is 4.90 Å². The molecule has 0 aliphatic heterocycles. The average molecular weight is 690 g/mol. The van der Waals surface area contributed by atoms with Crippen molar-refractivity contribution in [2.45, 2.75) is 5.41 Å². The first-order chi connectivity index (χ1) is 26.3. The highest BCUT2D eigenvalue weighted by molar-refractivity contribution is 7.26. The van der Waals surface area contributed by atoms with Gasteiger partial charge in [0, 0.05) is 42.2 Å². The third-order valence-electron chi connectivity index (χ3n) is 11.9. The summed E-state index contributed by atoms with van der Waals surface area (Å²) in [6.45, 7) is 0. The van der Waals surface area contributed by atoms with Crippen LogP contribution in [0.2, 0.25) is 0 Å². The minimum absolute atomic E-state index is 0.457. The Labute approximate surface area is 311 Å². The molecule has 0 saturated heterocycles. The molecule has 2 aliphatic rings. The van der Waals surface area contributed by atoms with Gasteiger partial charge in [-0.1, -0.05) is 158 Å². The number of hydrogen-bond donors (Lipinski definition) is 0. The summed E-state index contributed by atoms with van der Waals surface area (Å²) in [7, 11) is 0. The van der Waals surface area contributed by atoms with Gasteiger partial charge in [0.2, 0.25) is 0 Å². The Morgan fingerprint density at radius 2 is 0.943 bits per heavy atom. The van der Waals surface area contributed by atoms with Gasteiger partial charge in [-0.15, -0.1) is 11.3 Å². The highest BCUT2D eigenvalue weighted by Crippen LogP contribution is 2.65. The Balaban J connectivity index is 1.20. The van der Waals surface area contributed by atoms with E-state index < -0.39 is 5.41 Å². The molecular formula is C51H31NS. The summed E-state index contributed by atoms with van der Waals surface area (Å²) in [5.41, 5.74) is 13.8. The van der Waals surface area contributed by atoms with E-state index in [2.05, 4.69) is 193 Å². The molecule has 246 valence electrons. The quantitative estimate of drug-likeness (QED) is 0.178. The lowest BCUT2D eigenvalue weighted by Crippen LogP contribution is -2.26. The number of benzene rings is 9. The molecular weight excluding hydrogens is 659 g/mol. The second-order valence-corrected chi connectivity index (χ2v) is 15.4. The third kappa shape index (κ3) is 3.81. The zero-order chi connectivity index (χ0) is 34.7. The first-order valence-corrected chi connectivity index (χ1v) is 19.2. The SMILES string of the molecule is c1ccc2c(c1)-c1ccc(N(c3cccc4ccccc34)c3cccc4ccccc34)cc1C21c2ccccc2-c2c1ccc1c2sc2ccccc21. The van der Waals surface area contributed by atoms with Crippen molar-refractivity contribution in [1.29, 1.82) is 0 Å². The highest BCUT2D eigenvalue weighted by atomic mass is 32.1. The van der Waals surface area contributed by atoms with Crippen molar-refractivity contribution in [2.75, 3.05) is 4.90 Å². The first-order valence-electron chi connectivity index (χ1n) is 18.4. The van der Waals surface area contributed by atoms with Gasteiger partial charge in [0.05, 0.1) is 16.8 Å². The van der Waals surface area contributed by atoms with Crippen LogP contribution in [0.25, 0.3) is 64.0 Å². The van der Waals surface area contributed by atoms with Crippen LogP contribution in [0.4, 0.5) is 17.1 Å². The van der Waals surface area contributed by atoms with Crippen LogP contribution in [-0.2, 0) is 5.41 Å². The fraction of sp³-hybridized carbons (Fsp3) is 0.0196. The molecule has 10 aromatic rings. The molecule has 12 rings (SSSR count). The number of fused-ring (bicyclic) bond motifs is 16. The Bertz CT molecular complexity index is 3060. The Morgan fingerprint density at radius 1 is 0.377 bits per heavy atom. The molecule has 0 amide bonds. The zero-order valence-electron chi connectivity index (χ0n) is 28.8. The summed E-state index contributed by atoms with van der Waals surface area (Å²) in [6.07, 6.45) is 0. The maximum atomic E-state index is 2.51. The van der Waals surface area contributed by atoms with Gasteiger partial charge in [-0.25, -0.2) is 0 Å². The van der Waals surface area contributed by atoms with E-state index in [4.69, 9.17) is 0 Å². The standard InChI is InChI=1S/C51H31NS/c1-3-17-35-32(13-1)15-11-24-46(35)52(47-25-12-16-33-14-2-4-18-36(33)47)34-27-28-38-37-19-5-8-22-42(37)51(45(38)31-34)43-23-9-6-21-41(43)49-44(51)30-29-40-39-20-7-10-26-48(39)53-50(40)49/h1-31H. The fourth-order valence-corrected chi connectivity index (χ4v) is 11.0. The van der Waals surface area contributed by atoms with Crippen molar-refractivity contribution in [2.24, 2.45) is 0 Å². The molecule has 1 heterocycles. The molecule has 0 fully saturated rings. The number of nitrogens with zero attached hydrogens (tertiary/aromatic N) is 1. The van der Waals surface area contributed by atoms with E-state index in [0.717, 1.165) is 5.69 Å². The van der Waals surface area contributed by atoms with Gasteiger partial charge in [0.1, 0.15) is 0 Å². The largest absolute Gasteiger partial charge is 0.309 e. The van der Waals surface area contributed by atoms with Gasteiger partial charge >= 0.3 is 0 Å². The van der Waals surface area contributed by atoms with E-state index >= 15 is 0 Å². The molecule has 2 heteroatoms. The van der Waals surface area contributed by atoms with E-state index in [1.54, 1.807) is 0 Å². The molecule has 1 nitrogen and oxygen atoms in total. The number of hydrogen-bond acceptors (Lipinski definition) is 2. The third-order valence-corrected chi connectivity index (χ3v) is 13.1. The van der Waals surface area contributed by atoms with E-state index in [9.17, 15) is 0 Å². The van der Waals surface area contributed by atoms with E-state index in [-0.39, 0.29) is 0 Å². The van der Waals surface area contributed by atoms with Crippen molar-refractivity contribution in [3.63, 3.8) is 0 Å². The van der Waals surface area contributed by atoms with Crippen LogP contribution in [0, 0.1) is 0 Å². The normalized spacial score (nSPS) is 15.2. The van der Waals surface area contributed by atoms with Crippen LogP contribution in [0.5, 0.6) is 0 Å². The van der Waals surface area contributed by atoms with Crippen molar-refractivity contribution < 1.29 is 0 Å². The topological polar surface area (TPSA) is 3.24 Å². The summed E-state index contributed by atoms with van der Waals surface area (Å²) in [5, 5.41) is 7.59. The van der Waals surface area contributed by atoms with Crippen molar-refractivity contribution >= 4 is 70.1 Å². The van der Waals surface area contributed by atoms with Gasteiger partial charge in [-0.2, -0.15) is 0 Å². The second kappa shape index (κ2) is 10.8. The monoisotopic (exact) mass is 689 g/mol. The molecule has 1 spiro atoms. The maximum Gasteiger partial charge on any atom is 0.0726 e. The lowest BCUT2D eigenvalue weighted by molar-refractivity contribution is 0.794. The van der Waals surface area contributed by atoms with Crippen LogP contribution in [0.15, 0.2) is 188 Å². The summed E-state index contributed by atoms with van der Waals surface area (Å²) >= 11 is 1.93. The molecule has 0 N–H and O–H groups in total. The van der Waals surface area contributed by atoms with Crippen molar-refractivity contribution in [3.8, 4) is 22.3 Å². The zero-order valence-corrected chi connectivity index (χ0v) is 29.6. The van der Waals surface area contributed by atoms with Gasteiger partial charge in [0.25, 0.3) is 0 Å². The molecule has 0 radical (unpaired) electrons. The number of thiophene rings is 1. The smallest absolute Gasteiger partial charge is 0.0726 e. The maximum absolute atomic E-state index is 2.51. The van der Waals surface area contributed by atoms with Crippen molar-refractivity contribution in [3.05, 3.63) is 210 Å². The molecule has 9 aromatic carbocycles. The molecule has 1 atom stereocenters.